The molecule has 1 aliphatic rings. The van der Waals surface area contributed by atoms with E-state index in [2.05, 4.69) is 109 Å². The van der Waals surface area contributed by atoms with Crippen molar-refractivity contribution < 1.29 is 16.5 Å². The molecule has 0 aliphatic heterocycles. The second kappa shape index (κ2) is 10.0. The minimum atomic E-state index is -2.25. The second-order valence-electron chi connectivity index (χ2n) is 7.16. The van der Waals surface area contributed by atoms with E-state index in [0.717, 1.165) is 25.7 Å². The largest absolute Gasteiger partial charge is 0 e. The summed E-state index contributed by atoms with van der Waals surface area (Å²) >= 11 is 0. The first-order chi connectivity index (χ1) is 13.4. The van der Waals surface area contributed by atoms with Gasteiger partial charge in [0.25, 0.3) is 0 Å². The third-order valence-corrected chi connectivity index (χ3v) is 10.6. The van der Waals surface area contributed by atoms with Gasteiger partial charge in [0.1, 0.15) is 0 Å². The molecule has 0 heterocycles. The molecule has 0 spiro atoms. The minimum absolute atomic E-state index is 0. The van der Waals surface area contributed by atoms with Crippen LogP contribution in [0.15, 0.2) is 115 Å². The molecule has 3 aromatic rings. The summed E-state index contributed by atoms with van der Waals surface area (Å²) in [5.41, 5.74) is 0. The topological polar surface area (TPSA) is 0 Å². The Labute approximate surface area is 179 Å². The van der Waals surface area contributed by atoms with Crippen molar-refractivity contribution in [2.75, 3.05) is 0 Å². The zero-order valence-corrected chi connectivity index (χ0v) is 18.0. The predicted molar refractivity (Wildman–Crippen MR) is 122 cm³/mol. The number of allylic oxidation sites excluding steroid dienone is 4. The number of benzene rings is 3. The first-order valence-corrected chi connectivity index (χ1v) is 11.9. The number of hydrogen-bond donors (Lipinski definition) is 0. The van der Waals surface area contributed by atoms with Crippen molar-refractivity contribution in [1.82, 2.24) is 0 Å². The van der Waals surface area contributed by atoms with Gasteiger partial charge in [-0.25, -0.2) is 0 Å². The maximum Gasteiger partial charge on any atom is 0 e. The van der Waals surface area contributed by atoms with E-state index < -0.39 is 7.26 Å². The van der Waals surface area contributed by atoms with Crippen molar-refractivity contribution in [3.63, 3.8) is 0 Å². The van der Waals surface area contributed by atoms with E-state index in [1.165, 1.54) is 15.9 Å². The molecule has 0 radical (unpaired) electrons. The predicted octanol–water partition coefficient (Wildman–Crippen LogP) is 5.72. The van der Waals surface area contributed by atoms with Crippen LogP contribution in [0.25, 0.3) is 0 Å². The van der Waals surface area contributed by atoms with Crippen LogP contribution in [0.3, 0.4) is 0 Å². The van der Waals surface area contributed by atoms with Crippen molar-refractivity contribution in [2.24, 2.45) is 0 Å². The van der Waals surface area contributed by atoms with E-state index in [-0.39, 0.29) is 16.5 Å². The molecule has 0 amide bonds. The van der Waals surface area contributed by atoms with Gasteiger partial charge in [-0.3, -0.25) is 0 Å². The first kappa shape index (κ1) is 20.8. The molecule has 0 bridgehead atoms. The molecule has 2 heteroatoms. The Bertz CT molecular complexity index is 818. The molecule has 3 aromatic carbocycles. The number of hydrogen-bond acceptors (Lipinski definition) is 0. The molecule has 146 valence electrons. The summed E-state index contributed by atoms with van der Waals surface area (Å²) < 4.78 is 0. The fourth-order valence-corrected chi connectivity index (χ4v) is 9.55. The quantitative estimate of drug-likeness (QED) is 0.283. The third kappa shape index (κ3) is 4.07. The molecule has 0 N–H and O–H groups in total. The van der Waals surface area contributed by atoms with Gasteiger partial charge in [-0.1, -0.05) is 0 Å². The molecule has 1 aliphatic carbocycles. The summed E-state index contributed by atoms with van der Waals surface area (Å²) in [6.45, 7) is 0. The molecule has 0 saturated carbocycles. The van der Waals surface area contributed by atoms with E-state index in [1.807, 2.05) is 0 Å². The molecule has 0 saturated heterocycles. The van der Waals surface area contributed by atoms with Crippen LogP contribution in [0, 0.1) is 0 Å². The Kier molecular flexibility index (Phi) is 7.44. The van der Waals surface area contributed by atoms with Crippen LogP contribution in [0.5, 0.6) is 0 Å². The summed E-state index contributed by atoms with van der Waals surface area (Å²) in [6, 6.07) is 33.7. The van der Waals surface area contributed by atoms with Crippen LogP contribution in [-0.2, 0) is 16.5 Å². The molecular weight excluding hydrogens is 402 g/mol. The molecule has 4 rings (SSSR count). The van der Waals surface area contributed by atoms with Crippen molar-refractivity contribution >= 4 is 23.2 Å². The van der Waals surface area contributed by atoms with E-state index in [9.17, 15) is 0 Å². The smallest absolute Gasteiger partial charge is 0 e. The standard InChI is InChI=1S/C26H27P.Ni/c1-2-7-15-23(16-8-3-1)27(24-17-9-4-10-18-24,25-19-11-5-12-20-25)26-21-13-6-14-22-26;/h1-2,4-6,9-14,16-22,27H,3,7-8,15H2;. The Morgan fingerprint density at radius 2 is 0.929 bits per heavy atom. The zero-order chi connectivity index (χ0) is 18.4. The zero-order valence-electron chi connectivity index (χ0n) is 16.0. The van der Waals surface area contributed by atoms with Gasteiger partial charge in [0.2, 0.25) is 0 Å². The normalized spacial score (nSPS) is 14.9. The number of rotatable bonds is 4. The van der Waals surface area contributed by atoms with E-state index in [1.54, 1.807) is 5.31 Å². The molecule has 0 atom stereocenters. The third-order valence-electron chi connectivity index (χ3n) is 5.57. The molecular formula is C26H27NiP. The second-order valence-corrected chi connectivity index (χ2v) is 11.0. The molecule has 0 aromatic heterocycles. The van der Waals surface area contributed by atoms with Gasteiger partial charge < -0.3 is 0 Å². The van der Waals surface area contributed by atoms with E-state index in [0.29, 0.717) is 0 Å². The maximum absolute atomic E-state index is 2.56. The van der Waals surface area contributed by atoms with Crippen molar-refractivity contribution in [3.8, 4) is 0 Å². The maximum atomic E-state index is 2.56. The minimum Gasteiger partial charge on any atom is 0 e. The first-order valence-electron chi connectivity index (χ1n) is 9.93. The van der Waals surface area contributed by atoms with E-state index in [4.69, 9.17) is 0 Å². The van der Waals surface area contributed by atoms with Crippen LogP contribution in [-0.4, -0.2) is 0 Å². The van der Waals surface area contributed by atoms with E-state index >= 15 is 0 Å². The van der Waals surface area contributed by atoms with Gasteiger partial charge in [-0.05, 0) is 0 Å². The fourth-order valence-electron chi connectivity index (χ4n) is 4.39. The summed E-state index contributed by atoms with van der Waals surface area (Å²) in [5.74, 6) is 0. The summed E-state index contributed by atoms with van der Waals surface area (Å²) in [4.78, 5) is 0. The van der Waals surface area contributed by atoms with Crippen LogP contribution < -0.4 is 15.9 Å². The SMILES string of the molecule is C1=CCCC([PH](c2ccccc2)(c2ccccc2)c2ccccc2)=CCC1.[Ni]. The molecule has 0 fully saturated rings. The van der Waals surface area contributed by atoms with Crippen molar-refractivity contribution in [1.29, 1.82) is 0 Å². The van der Waals surface area contributed by atoms with Gasteiger partial charge in [0.05, 0.1) is 0 Å². The molecule has 28 heavy (non-hydrogen) atoms. The van der Waals surface area contributed by atoms with Crippen LogP contribution in [0.1, 0.15) is 25.7 Å². The van der Waals surface area contributed by atoms with Gasteiger partial charge in [-0.2, -0.15) is 0 Å². The van der Waals surface area contributed by atoms with Gasteiger partial charge >= 0.3 is 163 Å². The average Bonchev–Trinajstić information content (AvgIpc) is 2.72. The summed E-state index contributed by atoms with van der Waals surface area (Å²) in [5, 5.41) is 6.10. The Morgan fingerprint density at radius 3 is 1.39 bits per heavy atom. The molecule has 0 nitrogen and oxygen atoms in total. The summed E-state index contributed by atoms with van der Waals surface area (Å²) in [7, 11) is -2.25. The fraction of sp³-hybridized carbons (Fsp3) is 0.154. The monoisotopic (exact) mass is 428 g/mol. The van der Waals surface area contributed by atoms with Gasteiger partial charge in [-0.15, -0.1) is 0 Å². The Hall–Kier alpha value is -1.94. The van der Waals surface area contributed by atoms with Crippen molar-refractivity contribution in [2.45, 2.75) is 25.7 Å². The van der Waals surface area contributed by atoms with Gasteiger partial charge in [0, 0.05) is 16.5 Å². The Morgan fingerprint density at radius 1 is 0.500 bits per heavy atom. The van der Waals surface area contributed by atoms with Gasteiger partial charge in [0.15, 0.2) is 0 Å². The van der Waals surface area contributed by atoms with Crippen molar-refractivity contribution in [3.05, 3.63) is 115 Å². The average molecular weight is 429 g/mol. The molecule has 0 unspecified atom stereocenters. The van der Waals surface area contributed by atoms with Crippen LogP contribution in [0.4, 0.5) is 0 Å². The van der Waals surface area contributed by atoms with Crippen LogP contribution >= 0.6 is 7.26 Å². The summed E-state index contributed by atoms with van der Waals surface area (Å²) in [6.07, 6.45) is 11.8. The van der Waals surface area contributed by atoms with Crippen LogP contribution in [0.2, 0.25) is 0 Å². The Balaban J connectivity index is 0.00000225.